The number of rotatable bonds is 3. The molecular weight excluding hydrogens is 298 g/mol. The summed E-state index contributed by atoms with van der Waals surface area (Å²) >= 11 is 0. The number of para-hydroxylation sites is 1. The van der Waals surface area contributed by atoms with Gasteiger partial charge in [0.25, 0.3) is 0 Å². The number of hydrogen-bond donors (Lipinski definition) is 2. The second kappa shape index (κ2) is 6.42. The fourth-order valence-electron chi connectivity index (χ4n) is 3.11. The highest BCUT2D eigenvalue weighted by atomic mass is 16.2. The van der Waals surface area contributed by atoms with Gasteiger partial charge in [-0.15, -0.1) is 0 Å². The van der Waals surface area contributed by atoms with E-state index in [0.717, 1.165) is 47.1 Å². The Balaban J connectivity index is 1.53. The monoisotopic (exact) mass is 317 g/mol. The van der Waals surface area contributed by atoms with Gasteiger partial charge in [0.2, 0.25) is 5.91 Å². The van der Waals surface area contributed by atoms with Crippen molar-refractivity contribution in [2.45, 2.75) is 18.9 Å². The van der Waals surface area contributed by atoms with Gasteiger partial charge in [0, 0.05) is 22.8 Å². The number of amides is 1. The van der Waals surface area contributed by atoms with Crippen LogP contribution >= 0.6 is 0 Å². The topological polar surface area (TPSA) is 54.0 Å². The second-order valence-corrected chi connectivity index (χ2v) is 6.13. The molecule has 1 saturated heterocycles. The summed E-state index contributed by atoms with van der Waals surface area (Å²) in [5, 5.41) is 7.31. The number of carbonyl (C=O) groups is 1. The first-order valence-corrected chi connectivity index (χ1v) is 8.29. The molecule has 1 aliphatic rings. The van der Waals surface area contributed by atoms with E-state index in [1.54, 1.807) is 0 Å². The van der Waals surface area contributed by atoms with Crippen LogP contribution in [0.1, 0.15) is 12.8 Å². The summed E-state index contributed by atoms with van der Waals surface area (Å²) in [5.74, 6) is 0.0487. The summed E-state index contributed by atoms with van der Waals surface area (Å²) in [7, 11) is 0. The molecular formula is C20H19N3O. The molecule has 0 spiro atoms. The van der Waals surface area contributed by atoms with E-state index < -0.39 is 0 Å². The van der Waals surface area contributed by atoms with Gasteiger partial charge in [0.1, 0.15) is 0 Å². The number of benzene rings is 2. The lowest BCUT2D eigenvalue weighted by atomic mass is 10.0. The van der Waals surface area contributed by atoms with E-state index in [2.05, 4.69) is 27.8 Å². The van der Waals surface area contributed by atoms with Gasteiger partial charge in [-0.05, 0) is 49.2 Å². The second-order valence-electron chi connectivity index (χ2n) is 6.13. The van der Waals surface area contributed by atoms with Gasteiger partial charge < -0.3 is 10.6 Å². The highest BCUT2D eigenvalue weighted by Gasteiger charge is 2.21. The molecule has 0 saturated carbocycles. The Bertz CT molecular complexity index is 867. The van der Waals surface area contributed by atoms with E-state index in [4.69, 9.17) is 0 Å². The quantitative estimate of drug-likeness (QED) is 0.776. The fraction of sp³-hybridized carbons (Fsp3) is 0.200. The Morgan fingerprint density at radius 3 is 2.71 bits per heavy atom. The molecule has 4 nitrogen and oxygen atoms in total. The van der Waals surface area contributed by atoms with E-state index >= 15 is 0 Å². The molecule has 1 aliphatic heterocycles. The zero-order chi connectivity index (χ0) is 16.4. The number of aromatic nitrogens is 1. The third kappa shape index (κ3) is 3.01. The number of hydrogen-bond acceptors (Lipinski definition) is 3. The van der Waals surface area contributed by atoms with Crippen LogP contribution < -0.4 is 10.6 Å². The Labute approximate surface area is 140 Å². The van der Waals surface area contributed by atoms with Crippen LogP contribution in [0.3, 0.4) is 0 Å². The largest absolute Gasteiger partial charge is 0.325 e. The van der Waals surface area contributed by atoms with Gasteiger partial charge in [0.15, 0.2) is 0 Å². The molecule has 1 amide bonds. The molecule has 2 heterocycles. The lowest BCUT2D eigenvalue weighted by molar-refractivity contribution is -0.117. The van der Waals surface area contributed by atoms with Crippen molar-refractivity contribution < 1.29 is 4.79 Å². The highest BCUT2D eigenvalue weighted by Crippen LogP contribution is 2.24. The minimum atomic E-state index is -0.0608. The van der Waals surface area contributed by atoms with Crippen LogP contribution in [-0.4, -0.2) is 23.5 Å². The average molecular weight is 317 g/mol. The molecule has 120 valence electrons. The van der Waals surface area contributed by atoms with E-state index in [0.29, 0.717) is 0 Å². The van der Waals surface area contributed by atoms with Crippen LogP contribution in [0.2, 0.25) is 0 Å². The van der Waals surface area contributed by atoms with E-state index in [1.165, 1.54) is 0 Å². The van der Waals surface area contributed by atoms with Crippen LogP contribution in [0.15, 0.2) is 60.8 Å². The Hall–Kier alpha value is -2.72. The summed E-state index contributed by atoms with van der Waals surface area (Å²) in [6.07, 6.45) is 3.86. The number of carbonyl (C=O) groups excluding carboxylic acids is 1. The van der Waals surface area contributed by atoms with E-state index in [1.807, 2.05) is 48.7 Å². The zero-order valence-electron chi connectivity index (χ0n) is 13.3. The molecule has 0 unspecified atom stereocenters. The van der Waals surface area contributed by atoms with Gasteiger partial charge in [-0.1, -0.05) is 30.3 Å². The van der Waals surface area contributed by atoms with E-state index in [9.17, 15) is 4.79 Å². The lowest BCUT2D eigenvalue weighted by Gasteiger charge is -2.11. The van der Waals surface area contributed by atoms with Gasteiger partial charge >= 0.3 is 0 Å². The third-order valence-corrected chi connectivity index (χ3v) is 4.45. The number of nitrogens with zero attached hydrogens (tertiary/aromatic N) is 1. The third-order valence-electron chi connectivity index (χ3n) is 4.45. The van der Waals surface area contributed by atoms with Crippen molar-refractivity contribution in [3.63, 3.8) is 0 Å². The van der Waals surface area contributed by atoms with Gasteiger partial charge in [0.05, 0.1) is 11.6 Å². The van der Waals surface area contributed by atoms with Crippen molar-refractivity contribution in [1.82, 2.24) is 10.3 Å². The minimum Gasteiger partial charge on any atom is -0.325 e. The van der Waals surface area contributed by atoms with Gasteiger partial charge in [-0.25, -0.2) is 0 Å². The number of pyridine rings is 1. The maximum absolute atomic E-state index is 12.1. The van der Waals surface area contributed by atoms with Crippen molar-refractivity contribution in [1.29, 1.82) is 0 Å². The highest BCUT2D eigenvalue weighted by molar-refractivity contribution is 5.95. The van der Waals surface area contributed by atoms with Crippen molar-refractivity contribution in [2.75, 3.05) is 11.9 Å². The Morgan fingerprint density at radius 1 is 1.08 bits per heavy atom. The van der Waals surface area contributed by atoms with Gasteiger partial charge in [-0.3, -0.25) is 9.78 Å². The molecule has 0 bridgehead atoms. The molecule has 0 aliphatic carbocycles. The predicted molar refractivity (Wildman–Crippen MR) is 96.8 cm³/mol. The average Bonchev–Trinajstić information content (AvgIpc) is 3.17. The van der Waals surface area contributed by atoms with Crippen LogP contribution in [0.5, 0.6) is 0 Å². The summed E-state index contributed by atoms with van der Waals surface area (Å²) in [5.41, 5.74) is 3.98. The van der Waals surface area contributed by atoms with Crippen LogP contribution in [0.4, 0.5) is 5.69 Å². The SMILES string of the molecule is O=C(Nc1ccc(-c2cnc3ccccc3c2)cc1)[C@H]1CCCN1. The van der Waals surface area contributed by atoms with Gasteiger partial charge in [-0.2, -0.15) is 0 Å². The molecule has 0 radical (unpaired) electrons. The summed E-state index contributed by atoms with van der Waals surface area (Å²) < 4.78 is 0. The summed E-state index contributed by atoms with van der Waals surface area (Å²) in [6, 6.07) is 18.1. The van der Waals surface area contributed by atoms with Crippen molar-refractivity contribution in [3.05, 3.63) is 60.8 Å². The number of anilines is 1. The molecule has 4 heteroatoms. The summed E-state index contributed by atoms with van der Waals surface area (Å²) in [4.78, 5) is 16.6. The number of nitrogens with one attached hydrogen (secondary N) is 2. The standard InChI is InChI=1S/C20H19N3O/c24-20(19-6-3-11-21-19)23-17-9-7-14(8-10-17)16-12-15-4-1-2-5-18(15)22-13-16/h1-2,4-5,7-10,12-13,19,21H,3,6,11H2,(H,23,24)/t19-/m1/s1. The first-order valence-electron chi connectivity index (χ1n) is 8.29. The molecule has 2 N–H and O–H groups in total. The number of fused-ring (bicyclic) bond motifs is 1. The fourth-order valence-corrected chi connectivity index (χ4v) is 3.11. The molecule has 1 atom stereocenters. The summed E-state index contributed by atoms with van der Waals surface area (Å²) in [6.45, 7) is 0.923. The molecule has 3 aromatic rings. The Morgan fingerprint density at radius 2 is 1.92 bits per heavy atom. The molecule has 2 aromatic carbocycles. The maximum atomic E-state index is 12.1. The smallest absolute Gasteiger partial charge is 0.241 e. The van der Waals surface area contributed by atoms with Crippen LogP contribution in [0, 0.1) is 0 Å². The Kier molecular flexibility index (Phi) is 3.97. The molecule has 1 fully saturated rings. The first-order chi connectivity index (χ1) is 11.8. The van der Waals surface area contributed by atoms with Crippen LogP contribution in [-0.2, 0) is 4.79 Å². The lowest BCUT2D eigenvalue weighted by Crippen LogP contribution is -2.35. The van der Waals surface area contributed by atoms with Crippen LogP contribution in [0.25, 0.3) is 22.0 Å². The minimum absolute atomic E-state index is 0.0487. The van der Waals surface area contributed by atoms with Crippen molar-refractivity contribution in [2.24, 2.45) is 0 Å². The predicted octanol–water partition coefficient (Wildman–Crippen LogP) is 3.59. The van der Waals surface area contributed by atoms with Crippen molar-refractivity contribution in [3.8, 4) is 11.1 Å². The van der Waals surface area contributed by atoms with Crippen molar-refractivity contribution >= 4 is 22.5 Å². The molecule has 4 rings (SSSR count). The molecule has 24 heavy (non-hydrogen) atoms. The normalized spacial score (nSPS) is 17.1. The zero-order valence-corrected chi connectivity index (χ0v) is 13.3. The molecule has 1 aromatic heterocycles. The van der Waals surface area contributed by atoms with E-state index in [-0.39, 0.29) is 11.9 Å². The maximum Gasteiger partial charge on any atom is 0.241 e. The first kappa shape index (κ1) is 14.8.